The van der Waals surface area contributed by atoms with Gasteiger partial charge in [0.05, 0.1) is 40.5 Å². The molecule has 2 heterocycles. The number of esters is 1. The lowest BCUT2D eigenvalue weighted by Gasteiger charge is -2.31. The van der Waals surface area contributed by atoms with Crippen LogP contribution in [0.2, 0.25) is 0 Å². The third kappa shape index (κ3) is 2.53. The minimum atomic E-state index is -0.769. The summed E-state index contributed by atoms with van der Waals surface area (Å²) < 4.78 is 4.90. The number of amides is 1. The number of aromatic hydroxyl groups is 1. The van der Waals surface area contributed by atoms with Crippen molar-refractivity contribution < 1.29 is 19.4 Å². The van der Waals surface area contributed by atoms with Crippen molar-refractivity contribution in [2.24, 2.45) is 5.73 Å². The number of nitriles is 1. The maximum Gasteiger partial charge on any atom is 0.337 e. The monoisotopic (exact) mass is 357 g/mol. The lowest BCUT2D eigenvalue weighted by molar-refractivity contribution is -0.136. The Kier molecular flexibility index (Phi) is 4.18. The highest BCUT2D eigenvalue weighted by atomic mass is 32.2. The molecule has 0 spiro atoms. The van der Waals surface area contributed by atoms with Crippen LogP contribution in [0.1, 0.15) is 18.4 Å². The predicted molar refractivity (Wildman–Crippen MR) is 90.6 cm³/mol. The average Bonchev–Trinajstić information content (AvgIpc) is 2.90. The molecule has 1 aromatic rings. The molecule has 1 fully saturated rings. The summed E-state index contributed by atoms with van der Waals surface area (Å²) in [5.74, 6) is -1.61. The van der Waals surface area contributed by atoms with E-state index in [9.17, 15) is 20.0 Å². The molecule has 1 aromatic carbocycles. The van der Waals surface area contributed by atoms with Crippen molar-refractivity contribution in [1.29, 1.82) is 5.26 Å². The number of nitrogens with two attached hydrogens (primary N) is 1. The Balaban J connectivity index is 2.28. The lowest BCUT2D eigenvalue weighted by atomic mass is 9.83. The van der Waals surface area contributed by atoms with Gasteiger partial charge in [-0.1, -0.05) is 23.9 Å². The van der Waals surface area contributed by atoms with Crippen molar-refractivity contribution in [3.63, 3.8) is 0 Å². The van der Waals surface area contributed by atoms with Gasteiger partial charge in [0.15, 0.2) is 0 Å². The SMILES string of the molecule is COC(=O)C1=C2S[C@H](C)C(=O)N2C(N)=C(C#N)[C@H]1c1ccc(O)cc1. The van der Waals surface area contributed by atoms with Gasteiger partial charge < -0.3 is 15.6 Å². The van der Waals surface area contributed by atoms with Crippen LogP contribution in [-0.2, 0) is 14.3 Å². The highest BCUT2D eigenvalue weighted by molar-refractivity contribution is 8.04. The Morgan fingerprint density at radius 1 is 1.40 bits per heavy atom. The second-order valence-corrected chi connectivity index (χ2v) is 6.91. The summed E-state index contributed by atoms with van der Waals surface area (Å²) in [6.45, 7) is 1.71. The Hall–Kier alpha value is -2.92. The molecule has 8 heteroatoms. The Bertz CT molecular complexity index is 867. The van der Waals surface area contributed by atoms with Crippen LogP contribution in [0, 0.1) is 11.3 Å². The van der Waals surface area contributed by atoms with Crippen LogP contribution in [-0.4, -0.2) is 34.2 Å². The number of hydrogen-bond donors (Lipinski definition) is 2. The minimum Gasteiger partial charge on any atom is -0.508 e. The number of rotatable bonds is 2. The van der Waals surface area contributed by atoms with Gasteiger partial charge in [-0.2, -0.15) is 5.26 Å². The van der Waals surface area contributed by atoms with Crippen molar-refractivity contribution in [2.45, 2.75) is 18.1 Å². The second kappa shape index (κ2) is 6.18. The van der Waals surface area contributed by atoms with Gasteiger partial charge in [0.2, 0.25) is 5.91 Å². The van der Waals surface area contributed by atoms with Crippen LogP contribution in [0.3, 0.4) is 0 Å². The van der Waals surface area contributed by atoms with Crippen LogP contribution in [0.5, 0.6) is 5.75 Å². The summed E-state index contributed by atoms with van der Waals surface area (Å²) in [6, 6.07) is 8.15. The molecule has 3 N–H and O–H groups in total. The van der Waals surface area contributed by atoms with Crippen molar-refractivity contribution in [2.75, 3.05) is 7.11 Å². The fourth-order valence-corrected chi connectivity index (χ4v) is 4.10. The summed E-state index contributed by atoms with van der Waals surface area (Å²) in [6.07, 6.45) is 0. The van der Waals surface area contributed by atoms with Gasteiger partial charge in [-0.05, 0) is 24.6 Å². The van der Waals surface area contributed by atoms with E-state index in [0.29, 0.717) is 10.6 Å². The fraction of sp³-hybridized carbons (Fsp3) is 0.235. The van der Waals surface area contributed by atoms with Crippen LogP contribution in [0.25, 0.3) is 0 Å². The smallest absolute Gasteiger partial charge is 0.337 e. The molecule has 0 radical (unpaired) electrons. The molecule has 1 amide bonds. The molecule has 2 aliphatic rings. The maximum absolute atomic E-state index is 12.5. The number of phenols is 1. The number of fused-ring (bicyclic) bond motifs is 1. The van der Waals surface area contributed by atoms with Gasteiger partial charge in [-0.15, -0.1) is 0 Å². The molecule has 2 atom stereocenters. The first-order valence-electron chi connectivity index (χ1n) is 7.42. The Morgan fingerprint density at radius 3 is 2.60 bits per heavy atom. The average molecular weight is 357 g/mol. The van der Waals surface area contributed by atoms with Crippen molar-refractivity contribution in [3.05, 3.63) is 51.8 Å². The zero-order valence-corrected chi connectivity index (χ0v) is 14.3. The molecule has 0 aliphatic carbocycles. The number of methoxy groups -OCH3 is 1. The number of benzene rings is 1. The van der Waals surface area contributed by atoms with Crippen molar-refractivity contribution >= 4 is 23.6 Å². The zero-order valence-electron chi connectivity index (χ0n) is 13.5. The van der Waals surface area contributed by atoms with E-state index in [1.54, 1.807) is 19.1 Å². The first kappa shape index (κ1) is 16.9. The number of ether oxygens (including phenoxy) is 1. The first-order chi connectivity index (χ1) is 11.9. The molecule has 0 unspecified atom stereocenters. The molecule has 0 aromatic heterocycles. The number of thioether (sulfide) groups is 1. The molecule has 128 valence electrons. The van der Waals surface area contributed by atoms with E-state index in [0.717, 1.165) is 0 Å². The highest BCUT2D eigenvalue weighted by Crippen LogP contribution is 2.49. The lowest BCUT2D eigenvalue weighted by Crippen LogP contribution is -2.37. The van der Waals surface area contributed by atoms with E-state index in [-0.39, 0.29) is 28.6 Å². The summed E-state index contributed by atoms with van der Waals surface area (Å²) in [4.78, 5) is 26.1. The zero-order chi connectivity index (χ0) is 18.3. The largest absolute Gasteiger partial charge is 0.508 e. The number of carbonyl (C=O) groups is 2. The van der Waals surface area contributed by atoms with Gasteiger partial charge in [0.1, 0.15) is 11.6 Å². The van der Waals surface area contributed by atoms with E-state index in [1.807, 2.05) is 6.07 Å². The molecule has 7 nitrogen and oxygen atoms in total. The van der Waals surface area contributed by atoms with Crippen LogP contribution in [0.15, 0.2) is 46.3 Å². The second-order valence-electron chi connectivity index (χ2n) is 5.58. The fourth-order valence-electron chi connectivity index (χ4n) is 2.94. The highest BCUT2D eigenvalue weighted by Gasteiger charge is 2.47. The predicted octanol–water partition coefficient (Wildman–Crippen LogP) is 1.53. The van der Waals surface area contributed by atoms with E-state index >= 15 is 0 Å². The van der Waals surface area contributed by atoms with Gasteiger partial charge in [0.25, 0.3) is 0 Å². The molecule has 3 rings (SSSR count). The maximum atomic E-state index is 12.5. The number of hydrogen-bond acceptors (Lipinski definition) is 7. The minimum absolute atomic E-state index is 0.0186. The third-order valence-electron chi connectivity index (χ3n) is 4.14. The molecule has 0 saturated carbocycles. The molecule has 25 heavy (non-hydrogen) atoms. The quantitative estimate of drug-likeness (QED) is 0.771. The van der Waals surface area contributed by atoms with Crippen molar-refractivity contribution in [1.82, 2.24) is 4.90 Å². The van der Waals surface area contributed by atoms with Crippen LogP contribution in [0.4, 0.5) is 0 Å². The van der Waals surface area contributed by atoms with E-state index in [4.69, 9.17) is 10.5 Å². The molecule has 1 saturated heterocycles. The molecular formula is C17H15N3O4S. The first-order valence-corrected chi connectivity index (χ1v) is 8.30. The van der Waals surface area contributed by atoms with Gasteiger partial charge in [0, 0.05) is 0 Å². The summed E-state index contributed by atoms with van der Waals surface area (Å²) in [5.41, 5.74) is 6.99. The van der Waals surface area contributed by atoms with Gasteiger partial charge >= 0.3 is 5.97 Å². The third-order valence-corrected chi connectivity index (χ3v) is 5.32. The summed E-state index contributed by atoms with van der Waals surface area (Å²) >= 11 is 1.21. The van der Waals surface area contributed by atoms with E-state index < -0.39 is 17.1 Å². The number of carbonyl (C=O) groups excluding carboxylic acids is 2. The number of phenolic OH excluding ortho intramolecular Hbond substituents is 1. The Labute approximate surface area is 148 Å². The number of allylic oxidation sites excluding steroid dienone is 1. The summed E-state index contributed by atoms with van der Waals surface area (Å²) in [5, 5.41) is 19.1. The molecule has 2 aliphatic heterocycles. The topological polar surface area (TPSA) is 117 Å². The van der Waals surface area contributed by atoms with Gasteiger partial charge in [-0.3, -0.25) is 9.69 Å². The Morgan fingerprint density at radius 2 is 2.04 bits per heavy atom. The van der Waals surface area contributed by atoms with Crippen LogP contribution < -0.4 is 5.73 Å². The van der Waals surface area contributed by atoms with Gasteiger partial charge in [-0.25, -0.2) is 4.79 Å². The van der Waals surface area contributed by atoms with Crippen molar-refractivity contribution in [3.8, 4) is 11.8 Å². The van der Waals surface area contributed by atoms with E-state index in [2.05, 4.69) is 0 Å². The molecule has 0 bridgehead atoms. The standard InChI is InChI=1S/C17H15N3O4S/c1-8-15(22)20-14(19)11(7-18)12(9-3-5-10(21)6-4-9)13(16(20)25-8)17(23)24-2/h3-6,8,12,21H,19H2,1-2H3/t8-,12-/m1/s1. The normalized spacial score (nSPS) is 22.8. The number of nitrogens with zero attached hydrogens (tertiary/aromatic N) is 2. The summed E-state index contributed by atoms with van der Waals surface area (Å²) in [7, 11) is 1.24. The van der Waals surface area contributed by atoms with E-state index in [1.165, 1.54) is 35.9 Å². The van der Waals surface area contributed by atoms with Crippen LogP contribution >= 0.6 is 11.8 Å². The molecular weight excluding hydrogens is 342 g/mol.